The summed E-state index contributed by atoms with van der Waals surface area (Å²) in [7, 11) is -3.73. The van der Waals surface area contributed by atoms with Crippen molar-refractivity contribution in [2.24, 2.45) is 5.14 Å². The molecule has 6 nitrogen and oxygen atoms in total. The van der Waals surface area contributed by atoms with Crippen LogP contribution in [-0.2, 0) is 27.8 Å². The normalized spacial score (nSPS) is 18.2. The third-order valence-electron chi connectivity index (χ3n) is 4.71. The molecule has 1 amide bonds. The van der Waals surface area contributed by atoms with E-state index in [1.54, 1.807) is 12.1 Å². The van der Waals surface area contributed by atoms with Crippen molar-refractivity contribution in [3.05, 3.63) is 59.7 Å². The summed E-state index contributed by atoms with van der Waals surface area (Å²) in [5, 5.41) is 7.92. The Balaban J connectivity index is 1.65. The van der Waals surface area contributed by atoms with Crippen LogP contribution in [0.4, 0.5) is 5.69 Å². The van der Waals surface area contributed by atoms with Crippen LogP contribution >= 0.6 is 0 Å². The number of sulfonamides is 1. The Labute approximate surface area is 147 Å². The molecule has 1 aliphatic rings. The predicted molar refractivity (Wildman–Crippen MR) is 95.6 cm³/mol. The SMILES string of the molecule is C[C@@H](C(=O)Nc1ccc(S(N)(=O)=O)cc1)[NH+]1CCc2ccccc2C1. The quantitative estimate of drug-likeness (QED) is 0.732. The molecule has 4 N–H and O–H groups in total. The van der Waals surface area contributed by atoms with Crippen molar-refractivity contribution in [2.75, 3.05) is 11.9 Å². The summed E-state index contributed by atoms with van der Waals surface area (Å²) in [6.45, 7) is 3.66. The zero-order valence-electron chi connectivity index (χ0n) is 14.0. The highest BCUT2D eigenvalue weighted by molar-refractivity contribution is 7.89. The molecule has 2 aromatic rings. The van der Waals surface area contributed by atoms with Gasteiger partial charge in [-0.2, -0.15) is 0 Å². The van der Waals surface area contributed by atoms with Gasteiger partial charge in [0.05, 0.1) is 11.4 Å². The molecule has 2 aromatic carbocycles. The van der Waals surface area contributed by atoms with Crippen LogP contribution in [-0.4, -0.2) is 26.9 Å². The fourth-order valence-corrected chi connectivity index (χ4v) is 3.65. The van der Waals surface area contributed by atoms with Crippen LogP contribution in [0.1, 0.15) is 18.1 Å². The van der Waals surface area contributed by atoms with E-state index in [0.717, 1.165) is 19.5 Å². The highest BCUT2D eigenvalue weighted by Crippen LogP contribution is 2.13. The number of benzene rings is 2. The summed E-state index contributed by atoms with van der Waals surface area (Å²) in [5.74, 6) is -0.0854. The number of fused-ring (bicyclic) bond motifs is 1. The van der Waals surface area contributed by atoms with Gasteiger partial charge in [-0.15, -0.1) is 0 Å². The minimum absolute atomic E-state index is 0.0248. The topological polar surface area (TPSA) is 93.7 Å². The fraction of sp³-hybridized carbons (Fsp3) is 0.278. The van der Waals surface area contributed by atoms with E-state index in [0.29, 0.717) is 5.69 Å². The molecule has 0 saturated heterocycles. The molecular weight excluding hydrogens is 338 g/mol. The lowest BCUT2D eigenvalue weighted by molar-refractivity contribution is -0.929. The number of anilines is 1. The maximum Gasteiger partial charge on any atom is 0.282 e. The molecule has 0 radical (unpaired) electrons. The molecule has 2 atom stereocenters. The molecule has 132 valence electrons. The summed E-state index contributed by atoms with van der Waals surface area (Å²) in [4.78, 5) is 13.8. The van der Waals surface area contributed by atoms with Gasteiger partial charge in [-0.1, -0.05) is 24.3 Å². The number of primary sulfonamides is 1. The average molecular weight is 360 g/mol. The number of carbonyl (C=O) groups is 1. The third-order valence-corrected chi connectivity index (χ3v) is 5.64. The molecule has 1 heterocycles. The minimum atomic E-state index is -3.73. The van der Waals surface area contributed by atoms with Crippen molar-refractivity contribution >= 4 is 21.6 Å². The van der Waals surface area contributed by atoms with Crippen molar-refractivity contribution in [3.8, 4) is 0 Å². The van der Waals surface area contributed by atoms with Gasteiger partial charge in [0.2, 0.25) is 10.0 Å². The van der Waals surface area contributed by atoms with Gasteiger partial charge in [-0.05, 0) is 36.8 Å². The second-order valence-electron chi connectivity index (χ2n) is 6.38. The summed E-state index contributed by atoms with van der Waals surface area (Å²) in [6, 6.07) is 14.0. The van der Waals surface area contributed by atoms with Crippen LogP contribution in [0, 0.1) is 0 Å². The third kappa shape index (κ3) is 4.07. The van der Waals surface area contributed by atoms with E-state index in [-0.39, 0.29) is 16.8 Å². The van der Waals surface area contributed by atoms with Gasteiger partial charge in [0.15, 0.2) is 6.04 Å². The van der Waals surface area contributed by atoms with Crippen molar-refractivity contribution in [3.63, 3.8) is 0 Å². The monoisotopic (exact) mass is 360 g/mol. The Hall–Kier alpha value is -2.22. The lowest BCUT2D eigenvalue weighted by Gasteiger charge is -2.30. The number of nitrogens with two attached hydrogens (primary N) is 1. The van der Waals surface area contributed by atoms with Crippen LogP contribution < -0.4 is 15.4 Å². The maximum atomic E-state index is 12.5. The van der Waals surface area contributed by atoms with Crippen LogP contribution in [0.25, 0.3) is 0 Å². The van der Waals surface area contributed by atoms with Gasteiger partial charge < -0.3 is 10.2 Å². The van der Waals surface area contributed by atoms with Crippen molar-refractivity contribution in [1.82, 2.24) is 0 Å². The van der Waals surface area contributed by atoms with Crippen LogP contribution in [0.5, 0.6) is 0 Å². The number of hydrogen-bond acceptors (Lipinski definition) is 3. The van der Waals surface area contributed by atoms with E-state index >= 15 is 0 Å². The molecule has 0 spiro atoms. The van der Waals surface area contributed by atoms with E-state index in [1.165, 1.54) is 28.2 Å². The standard InChI is InChI=1S/C18H21N3O3S/c1-13(21-11-10-14-4-2-3-5-15(14)12-21)18(22)20-16-6-8-17(9-7-16)25(19,23)24/h2-9,13H,10-12H2,1H3,(H,20,22)(H2,19,23,24)/p+1/t13-/m0/s1. The predicted octanol–water partition coefficient (Wildman–Crippen LogP) is 0.302. The van der Waals surface area contributed by atoms with E-state index in [4.69, 9.17) is 5.14 Å². The van der Waals surface area contributed by atoms with Gasteiger partial charge in [-0.25, -0.2) is 13.6 Å². The number of carbonyl (C=O) groups excluding carboxylic acids is 1. The Bertz CT molecular complexity index is 879. The van der Waals surface area contributed by atoms with Crippen molar-refractivity contribution in [2.45, 2.75) is 30.8 Å². The summed E-state index contributed by atoms with van der Waals surface area (Å²) in [6.07, 6.45) is 0.964. The number of hydrogen-bond donors (Lipinski definition) is 3. The smallest absolute Gasteiger partial charge is 0.282 e. The lowest BCUT2D eigenvalue weighted by atomic mass is 9.99. The Morgan fingerprint density at radius 3 is 2.40 bits per heavy atom. The van der Waals surface area contributed by atoms with E-state index in [1.807, 2.05) is 19.1 Å². The van der Waals surface area contributed by atoms with E-state index in [2.05, 4.69) is 17.4 Å². The zero-order valence-corrected chi connectivity index (χ0v) is 14.8. The molecule has 7 heteroatoms. The van der Waals surface area contributed by atoms with Crippen LogP contribution in [0.15, 0.2) is 53.4 Å². The zero-order chi connectivity index (χ0) is 18.0. The second-order valence-corrected chi connectivity index (χ2v) is 7.95. The van der Waals surface area contributed by atoms with Gasteiger partial charge in [0.25, 0.3) is 5.91 Å². The number of nitrogens with one attached hydrogen (secondary N) is 2. The molecule has 1 unspecified atom stereocenters. The maximum absolute atomic E-state index is 12.5. The van der Waals surface area contributed by atoms with E-state index in [9.17, 15) is 13.2 Å². The van der Waals surface area contributed by atoms with Gasteiger partial charge >= 0.3 is 0 Å². The van der Waals surface area contributed by atoms with Gasteiger partial charge in [0, 0.05) is 17.7 Å². The highest BCUT2D eigenvalue weighted by atomic mass is 32.2. The van der Waals surface area contributed by atoms with Gasteiger partial charge in [0.1, 0.15) is 6.54 Å². The average Bonchev–Trinajstić information content (AvgIpc) is 2.60. The molecule has 0 aromatic heterocycles. The number of amides is 1. The molecule has 0 bridgehead atoms. The molecule has 0 aliphatic carbocycles. The Morgan fingerprint density at radius 1 is 1.12 bits per heavy atom. The van der Waals surface area contributed by atoms with E-state index < -0.39 is 10.0 Å². The number of rotatable bonds is 4. The molecule has 3 rings (SSSR count). The lowest BCUT2D eigenvalue weighted by Crippen LogP contribution is -3.16. The molecule has 1 aliphatic heterocycles. The molecule has 25 heavy (non-hydrogen) atoms. The van der Waals surface area contributed by atoms with Gasteiger partial charge in [-0.3, -0.25) is 4.79 Å². The van der Waals surface area contributed by atoms with Crippen LogP contribution in [0.2, 0.25) is 0 Å². The van der Waals surface area contributed by atoms with Crippen molar-refractivity contribution < 1.29 is 18.1 Å². The first-order chi connectivity index (χ1) is 11.8. The molecule has 0 fully saturated rings. The molecular formula is C18H22N3O3S+. The summed E-state index contributed by atoms with van der Waals surface area (Å²) >= 11 is 0. The highest BCUT2D eigenvalue weighted by Gasteiger charge is 2.28. The molecule has 0 saturated carbocycles. The first kappa shape index (κ1) is 17.6. The largest absolute Gasteiger partial charge is 0.321 e. The van der Waals surface area contributed by atoms with Crippen LogP contribution in [0.3, 0.4) is 0 Å². The summed E-state index contributed by atoms with van der Waals surface area (Å²) in [5.41, 5.74) is 3.21. The number of quaternary nitrogens is 1. The Kier molecular flexibility index (Phi) is 4.89. The fourth-order valence-electron chi connectivity index (χ4n) is 3.14. The first-order valence-corrected chi connectivity index (χ1v) is 9.74. The Morgan fingerprint density at radius 2 is 1.76 bits per heavy atom. The summed E-state index contributed by atoms with van der Waals surface area (Å²) < 4.78 is 22.5. The van der Waals surface area contributed by atoms with Crippen molar-refractivity contribution in [1.29, 1.82) is 0 Å². The second kappa shape index (κ2) is 6.95. The minimum Gasteiger partial charge on any atom is -0.321 e. The first-order valence-electron chi connectivity index (χ1n) is 8.19.